The van der Waals surface area contributed by atoms with Gasteiger partial charge in [-0.15, -0.1) is 0 Å². The van der Waals surface area contributed by atoms with Crippen LogP contribution in [0, 0.1) is 5.82 Å². The van der Waals surface area contributed by atoms with Crippen LogP contribution in [-0.2, 0) is 0 Å². The molecule has 1 aromatic heterocycles. The Balaban J connectivity index is 2.46. The topological polar surface area (TPSA) is 24.9 Å². The molecule has 1 aromatic carbocycles. The van der Waals surface area contributed by atoms with Gasteiger partial charge in [0.05, 0.1) is 11.1 Å². The van der Waals surface area contributed by atoms with Gasteiger partial charge < -0.3 is 5.32 Å². The fourth-order valence-electron chi connectivity index (χ4n) is 1.79. The van der Waals surface area contributed by atoms with Crippen molar-refractivity contribution in [3.05, 3.63) is 64.7 Å². The van der Waals surface area contributed by atoms with Gasteiger partial charge in [0.25, 0.3) is 0 Å². The van der Waals surface area contributed by atoms with Gasteiger partial charge in [0.15, 0.2) is 0 Å². The minimum Gasteiger partial charge on any atom is -0.309 e. The number of halogens is 2. The molecule has 0 bridgehead atoms. The van der Waals surface area contributed by atoms with E-state index >= 15 is 0 Å². The van der Waals surface area contributed by atoms with Crippen LogP contribution in [0.5, 0.6) is 0 Å². The molecule has 1 unspecified atom stereocenters. The van der Waals surface area contributed by atoms with E-state index in [-0.39, 0.29) is 11.1 Å². The molecule has 0 aliphatic rings. The van der Waals surface area contributed by atoms with Crippen molar-refractivity contribution in [3.63, 3.8) is 0 Å². The third-order valence-corrected chi connectivity index (χ3v) is 2.89. The molecule has 0 aliphatic carbocycles. The predicted molar refractivity (Wildman–Crippen MR) is 66.5 cm³/mol. The van der Waals surface area contributed by atoms with Crippen molar-refractivity contribution in [1.82, 2.24) is 10.3 Å². The first-order valence-corrected chi connectivity index (χ1v) is 5.63. The number of benzene rings is 1. The average molecular weight is 251 g/mol. The summed E-state index contributed by atoms with van der Waals surface area (Å²) in [6, 6.07) is 8.46. The van der Waals surface area contributed by atoms with E-state index in [0.29, 0.717) is 5.56 Å². The van der Waals surface area contributed by atoms with Gasteiger partial charge in [-0.25, -0.2) is 4.39 Å². The largest absolute Gasteiger partial charge is 0.309 e. The Kier molecular flexibility index (Phi) is 3.71. The molecule has 0 saturated carbocycles. The second-order valence-electron chi connectivity index (χ2n) is 3.65. The molecule has 17 heavy (non-hydrogen) atoms. The minimum absolute atomic E-state index is 0.131. The van der Waals surface area contributed by atoms with Gasteiger partial charge in [0.2, 0.25) is 0 Å². The quantitative estimate of drug-likeness (QED) is 0.905. The van der Waals surface area contributed by atoms with E-state index in [1.54, 1.807) is 31.6 Å². The third kappa shape index (κ3) is 2.46. The Morgan fingerprint density at radius 3 is 2.76 bits per heavy atom. The number of pyridine rings is 1. The third-order valence-electron chi connectivity index (χ3n) is 2.60. The first-order chi connectivity index (χ1) is 8.24. The molecule has 0 radical (unpaired) electrons. The van der Waals surface area contributed by atoms with Crippen LogP contribution >= 0.6 is 11.6 Å². The van der Waals surface area contributed by atoms with Gasteiger partial charge in [-0.3, -0.25) is 4.98 Å². The molecule has 88 valence electrons. The van der Waals surface area contributed by atoms with Crippen LogP contribution in [0.2, 0.25) is 5.02 Å². The van der Waals surface area contributed by atoms with Crippen molar-refractivity contribution in [2.75, 3.05) is 7.05 Å². The summed E-state index contributed by atoms with van der Waals surface area (Å²) in [7, 11) is 1.78. The molecule has 0 spiro atoms. The first kappa shape index (κ1) is 12.0. The summed E-state index contributed by atoms with van der Waals surface area (Å²) in [5.74, 6) is -0.391. The van der Waals surface area contributed by atoms with Gasteiger partial charge >= 0.3 is 0 Å². The Morgan fingerprint density at radius 1 is 1.29 bits per heavy atom. The van der Waals surface area contributed by atoms with E-state index in [1.807, 2.05) is 12.1 Å². The zero-order chi connectivity index (χ0) is 12.3. The highest BCUT2D eigenvalue weighted by molar-refractivity contribution is 6.30. The Labute approximate surface area is 104 Å². The van der Waals surface area contributed by atoms with Crippen LogP contribution in [0.25, 0.3) is 0 Å². The molecular weight excluding hydrogens is 239 g/mol. The van der Waals surface area contributed by atoms with Crippen LogP contribution in [0.4, 0.5) is 4.39 Å². The van der Waals surface area contributed by atoms with Crippen LogP contribution in [0.15, 0.2) is 42.7 Å². The second kappa shape index (κ2) is 5.25. The van der Waals surface area contributed by atoms with Gasteiger partial charge in [-0.05, 0) is 24.7 Å². The first-order valence-electron chi connectivity index (χ1n) is 5.25. The maximum absolute atomic E-state index is 13.9. The lowest BCUT2D eigenvalue weighted by Crippen LogP contribution is -2.19. The maximum atomic E-state index is 13.9. The second-order valence-corrected chi connectivity index (χ2v) is 4.06. The molecule has 4 heteroatoms. The van der Waals surface area contributed by atoms with Crippen molar-refractivity contribution in [1.29, 1.82) is 0 Å². The van der Waals surface area contributed by atoms with Crippen LogP contribution in [-0.4, -0.2) is 12.0 Å². The molecule has 0 amide bonds. The molecule has 2 rings (SSSR count). The molecule has 1 heterocycles. The molecule has 2 nitrogen and oxygen atoms in total. The van der Waals surface area contributed by atoms with E-state index < -0.39 is 5.82 Å². The van der Waals surface area contributed by atoms with Gasteiger partial charge in [0, 0.05) is 18.0 Å². The molecule has 0 fully saturated rings. The molecule has 1 atom stereocenters. The van der Waals surface area contributed by atoms with Crippen molar-refractivity contribution < 1.29 is 4.39 Å². The summed E-state index contributed by atoms with van der Waals surface area (Å²) >= 11 is 5.78. The highest BCUT2D eigenvalue weighted by Crippen LogP contribution is 2.27. The number of nitrogens with one attached hydrogen (secondary N) is 1. The van der Waals surface area contributed by atoms with Crippen molar-refractivity contribution in [2.24, 2.45) is 0 Å². The van der Waals surface area contributed by atoms with Crippen LogP contribution < -0.4 is 5.32 Å². The van der Waals surface area contributed by atoms with E-state index in [0.717, 1.165) is 5.56 Å². The summed E-state index contributed by atoms with van der Waals surface area (Å²) in [6.07, 6.45) is 3.39. The summed E-state index contributed by atoms with van der Waals surface area (Å²) < 4.78 is 13.9. The van der Waals surface area contributed by atoms with E-state index in [1.165, 1.54) is 6.07 Å². The van der Waals surface area contributed by atoms with Gasteiger partial charge in [0.1, 0.15) is 5.82 Å². The van der Waals surface area contributed by atoms with Crippen molar-refractivity contribution in [2.45, 2.75) is 6.04 Å². The van der Waals surface area contributed by atoms with Crippen molar-refractivity contribution in [3.8, 4) is 0 Å². The number of nitrogens with zero attached hydrogens (tertiary/aromatic N) is 1. The Hall–Kier alpha value is -1.45. The number of aromatic nitrogens is 1. The van der Waals surface area contributed by atoms with E-state index in [9.17, 15) is 4.39 Å². The van der Waals surface area contributed by atoms with Crippen LogP contribution in [0.3, 0.4) is 0 Å². The van der Waals surface area contributed by atoms with Crippen molar-refractivity contribution >= 4 is 11.6 Å². The molecule has 0 aliphatic heterocycles. The lowest BCUT2D eigenvalue weighted by Gasteiger charge is -2.17. The normalized spacial score (nSPS) is 12.4. The van der Waals surface area contributed by atoms with Crippen LogP contribution in [0.1, 0.15) is 17.2 Å². The van der Waals surface area contributed by atoms with E-state index in [4.69, 9.17) is 11.6 Å². The zero-order valence-electron chi connectivity index (χ0n) is 9.32. The lowest BCUT2D eigenvalue weighted by atomic mass is 10.00. The highest BCUT2D eigenvalue weighted by Gasteiger charge is 2.17. The molecule has 0 saturated heterocycles. The number of rotatable bonds is 3. The standard InChI is InChI=1S/C13H12ClFN2/c1-16-13(9-4-3-7-17-8-9)10-5-2-6-11(14)12(10)15/h2-8,13,16H,1H3. The lowest BCUT2D eigenvalue weighted by molar-refractivity contribution is 0.576. The van der Waals surface area contributed by atoms with E-state index in [2.05, 4.69) is 10.3 Å². The smallest absolute Gasteiger partial charge is 0.146 e. The molecular formula is C13H12ClFN2. The average Bonchev–Trinajstić information content (AvgIpc) is 2.37. The fourth-order valence-corrected chi connectivity index (χ4v) is 1.97. The predicted octanol–water partition coefficient (Wildman–Crippen LogP) is 3.18. The number of hydrogen-bond donors (Lipinski definition) is 1. The number of hydrogen-bond acceptors (Lipinski definition) is 2. The summed E-state index contributed by atoms with van der Waals surface area (Å²) in [6.45, 7) is 0. The maximum Gasteiger partial charge on any atom is 0.146 e. The Bertz CT molecular complexity index is 502. The fraction of sp³-hybridized carbons (Fsp3) is 0.154. The summed E-state index contributed by atoms with van der Waals surface area (Å²) in [5, 5.41) is 3.20. The minimum atomic E-state index is -0.391. The monoisotopic (exact) mass is 250 g/mol. The highest BCUT2D eigenvalue weighted by atomic mass is 35.5. The zero-order valence-corrected chi connectivity index (χ0v) is 10.1. The van der Waals surface area contributed by atoms with Gasteiger partial charge in [-0.1, -0.05) is 29.8 Å². The summed E-state index contributed by atoms with van der Waals surface area (Å²) in [4.78, 5) is 4.04. The molecule has 2 aromatic rings. The SMILES string of the molecule is CNC(c1cccnc1)c1cccc(Cl)c1F. The van der Waals surface area contributed by atoms with Gasteiger partial charge in [-0.2, -0.15) is 0 Å². The Morgan fingerprint density at radius 2 is 2.12 bits per heavy atom. The molecule has 1 N–H and O–H groups in total. The summed E-state index contributed by atoms with van der Waals surface area (Å²) in [5.41, 5.74) is 1.42.